The summed E-state index contributed by atoms with van der Waals surface area (Å²) in [7, 11) is 0. The van der Waals surface area contributed by atoms with Gasteiger partial charge in [0.2, 0.25) is 11.8 Å². The van der Waals surface area contributed by atoms with Crippen molar-refractivity contribution < 1.29 is 9.59 Å². The van der Waals surface area contributed by atoms with Gasteiger partial charge in [-0.2, -0.15) is 0 Å². The fourth-order valence-electron chi connectivity index (χ4n) is 3.38. The molecule has 1 aliphatic carbocycles. The van der Waals surface area contributed by atoms with Gasteiger partial charge in [0.25, 0.3) is 0 Å². The maximum atomic E-state index is 12.7. The van der Waals surface area contributed by atoms with E-state index in [9.17, 15) is 9.59 Å². The van der Waals surface area contributed by atoms with Gasteiger partial charge in [0, 0.05) is 6.54 Å². The van der Waals surface area contributed by atoms with Crippen molar-refractivity contribution in [2.45, 2.75) is 71.4 Å². The van der Waals surface area contributed by atoms with Crippen LogP contribution in [0.3, 0.4) is 0 Å². The number of carbonyl (C=O) groups is 2. The molecule has 1 unspecified atom stereocenters. The number of hydrogen-bond acceptors (Lipinski definition) is 2. The van der Waals surface area contributed by atoms with Crippen LogP contribution in [0.2, 0.25) is 0 Å². The lowest BCUT2D eigenvalue weighted by atomic mass is 9.90. The van der Waals surface area contributed by atoms with Crippen molar-refractivity contribution in [3.63, 3.8) is 0 Å². The van der Waals surface area contributed by atoms with Crippen molar-refractivity contribution >= 4 is 11.8 Å². The molecule has 1 saturated heterocycles. The lowest BCUT2D eigenvalue weighted by Crippen LogP contribution is -2.69. The van der Waals surface area contributed by atoms with Gasteiger partial charge in [-0.05, 0) is 44.9 Å². The highest BCUT2D eigenvalue weighted by Crippen LogP contribution is 2.30. The number of rotatable bonds is 4. The second kappa shape index (κ2) is 5.74. The van der Waals surface area contributed by atoms with Gasteiger partial charge >= 0.3 is 0 Å². The minimum atomic E-state index is -0.715. The zero-order valence-corrected chi connectivity index (χ0v) is 13.2. The minimum absolute atomic E-state index is 0.0132. The molecule has 114 valence electrons. The fourth-order valence-corrected chi connectivity index (χ4v) is 3.38. The molecule has 2 aliphatic rings. The zero-order valence-electron chi connectivity index (χ0n) is 13.2. The van der Waals surface area contributed by atoms with Crippen molar-refractivity contribution in [2.24, 2.45) is 11.8 Å². The largest absolute Gasteiger partial charge is 0.342 e. The summed E-state index contributed by atoms with van der Waals surface area (Å²) in [6, 6.07) is -0.336. The van der Waals surface area contributed by atoms with Crippen molar-refractivity contribution in [2.75, 3.05) is 6.54 Å². The molecule has 1 atom stereocenters. The number of nitrogens with one attached hydrogen (secondary N) is 1. The minimum Gasteiger partial charge on any atom is -0.342 e. The Bertz CT molecular complexity index is 384. The molecule has 1 saturated carbocycles. The molecule has 1 heterocycles. The van der Waals surface area contributed by atoms with Crippen LogP contribution in [0, 0.1) is 11.8 Å². The number of piperazine rings is 1. The topological polar surface area (TPSA) is 49.4 Å². The molecule has 2 fully saturated rings. The number of amides is 2. The number of nitrogens with zero attached hydrogens (tertiary/aromatic N) is 1. The summed E-state index contributed by atoms with van der Waals surface area (Å²) in [5.41, 5.74) is -0.715. The number of carbonyl (C=O) groups excluding carboxylic acids is 2. The first-order valence-corrected chi connectivity index (χ1v) is 7.94. The van der Waals surface area contributed by atoms with Gasteiger partial charge in [-0.3, -0.25) is 9.59 Å². The van der Waals surface area contributed by atoms with Crippen molar-refractivity contribution in [1.82, 2.24) is 10.2 Å². The van der Waals surface area contributed by atoms with Gasteiger partial charge < -0.3 is 10.2 Å². The molecular formula is C16H28N2O2. The molecule has 4 nitrogen and oxygen atoms in total. The van der Waals surface area contributed by atoms with E-state index < -0.39 is 5.54 Å². The van der Waals surface area contributed by atoms with Crippen LogP contribution in [0.4, 0.5) is 0 Å². The van der Waals surface area contributed by atoms with Crippen molar-refractivity contribution in [3.8, 4) is 0 Å². The molecular weight excluding hydrogens is 252 g/mol. The second-order valence-corrected chi connectivity index (χ2v) is 7.31. The highest BCUT2D eigenvalue weighted by atomic mass is 16.2. The summed E-state index contributed by atoms with van der Waals surface area (Å²) in [6.07, 6.45) is 5.62. The number of hydrogen-bond donors (Lipinski definition) is 1. The van der Waals surface area contributed by atoms with Crippen LogP contribution in [0.1, 0.15) is 59.8 Å². The maximum Gasteiger partial charge on any atom is 0.246 e. The van der Waals surface area contributed by atoms with E-state index in [1.807, 2.05) is 18.7 Å². The predicted octanol–water partition coefficient (Wildman–Crippen LogP) is 2.33. The predicted molar refractivity (Wildman–Crippen MR) is 79.1 cm³/mol. The smallest absolute Gasteiger partial charge is 0.246 e. The molecule has 0 spiro atoms. The van der Waals surface area contributed by atoms with Gasteiger partial charge in [-0.1, -0.05) is 26.7 Å². The highest BCUT2D eigenvalue weighted by molar-refractivity contribution is 5.99. The lowest BCUT2D eigenvalue weighted by Gasteiger charge is -2.45. The summed E-state index contributed by atoms with van der Waals surface area (Å²) in [5, 5.41) is 2.91. The van der Waals surface area contributed by atoms with Crippen LogP contribution in [0.5, 0.6) is 0 Å². The zero-order chi connectivity index (χ0) is 14.9. The highest BCUT2D eigenvalue weighted by Gasteiger charge is 2.46. The molecule has 0 bridgehead atoms. The van der Waals surface area contributed by atoms with Gasteiger partial charge in [-0.15, -0.1) is 0 Å². The summed E-state index contributed by atoms with van der Waals surface area (Å²) >= 11 is 0. The molecule has 4 heteroatoms. The van der Waals surface area contributed by atoms with E-state index in [-0.39, 0.29) is 17.9 Å². The van der Waals surface area contributed by atoms with Gasteiger partial charge in [0.1, 0.15) is 11.6 Å². The summed E-state index contributed by atoms with van der Waals surface area (Å²) in [6.45, 7) is 8.64. The molecule has 0 aromatic rings. The van der Waals surface area contributed by atoms with Crippen LogP contribution < -0.4 is 5.32 Å². The standard InChI is InChI=1S/C16H28N2O2/c1-11(2)9-13-14(19)18(10-12-7-5-6-8-12)16(3,4)15(20)17-13/h11-13H,5-10H2,1-4H3,(H,17,20). The molecule has 20 heavy (non-hydrogen) atoms. The first-order chi connectivity index (χ1) is 9.32. The molecule has 1 aliphatic heterocycles. The first-order valence-electron chi connectivity index (χ1n) is 7.94. The summed E-state index contributed by atoms with van der Waals surface area (Å²) in [4.78, 5) is 26.9. The monoisotopic (exact) mass is 280 g/mol. The Morgan fingerprint density at radius 3 is 2.40 bits per heavy atom. The Morgan fingerprint density at radius 1 is 1.25 bits per heavy atom. The van der Waals surface area contributed by atoms with Crippen LogP contribution in [-0.4, -0.2) is 34.8 Å². The van der Waals surface area contributed by atoms with E-state index in [0.29, 0.717) is 11.8 Å². The average Bonchev–Trinajstić information content (AvgIpc) is 2.84. The third-order valence-corrected chi connectivity index (χ3v) is 4.72. The van der Waals surface area contributed by atoms with Crippen LogP contribution in [0.25, 0.3) is 0 Å². The second-order valence-electron chi connectivity index (χ2n) is 7.31. The lowest BCUT2D eigenvalue weighted by molar-refractivity contribution is -0.156. The third kappa shape index (κ3) is 2.99. The Balaban J connectivity index is 2.14. The van der Waals surface area contributed by atoms with Gasteiger partial charge in [0.15, 0.2) is 0 Å². The fraction of sp³-hybridized carbons (Fsp3) is 0.875. The molecule has 2 amide bonds. The van der Waals surface area contributed by atoms with E-state index in [1.165, 1.54) is 25.7 Å². The molecule has 0 radical (unpaired) electrons. The molecule has 2 rings (SSSR count). The molecule has 0 aromatic carbocycles. The van der Waals surface area contributed by atoms with E-state index in [2.05, 4.69) is 19.2 Å². The summed E-state index contributed by atoms with van der Waals surface area (Å²) in [5.74, 6) is 1.07. The van der Waals surface area contributed by atoms with E-state index in [0.717, 1.165) is 13.0 Å². The first kappa shape index (κ1) is 15.3. The van der Waals surface area contributed by atoms with Crippen molar-refractivity contribution in [1.29, 1.82) is 0 Å². The van der Waals surface area contributed by atoms with E-state index in [4.69, 9.17) is 0 Å². The van der Waals surface area contributed by atoms with Crippen LogP contribution in [0.15, 0.2) is 0 Å². The Labute approximate surface area is 122 Å². The van der Waals surface area contributed by atoms with Crippen molar-refractivity contribution in [3.05, 3.63) is 0 Å². The van der Waals surface area contributed by atoms with Crippen LogP contribution >= 0.6 is 0 Å². The summed E-state index contributed by atoms with van der Waals surface area (Å²) < 4.78 is 0. The van der Waals surface area contributed by atoms with E-state index >= 15 is 0 Å². The van der Waals surface area contributed by atoms with E-state index in [1.54, 1.807) is 0 Å². The molecule has 0 aromatic heterocycles. The Morgan fingerprint density at radius 2 is 1.85 bits per heavy atom. The SMILES string of the molecule is CC(C)CC1NC(=O)C(C)(C)N(CC2CCCC2)C1=O. The van der Waals surface area contributed by atoms with Gasteiger partial charge in [0.05, 0.1) is 0 Å². The average molecular weight is 280 g/mol. The Kier molecular flexibility index (Phi) is 4.40. The Hall–Kier alpha value is -1.06. The van der Waals surface area contributed by atoms with Crippen LogP contribution in [-0.2, 0) is 9.59 Å². The third-order valence-electron chi connectivity index (χ3n) is 4.72. The normalized spacial score (nSPS) is 27.2. The maximum absolute atomic E-state index is 12.7. The van der Waals surface area contributed by atoms with Gasteiger partial charge in [-0.25, -0.2) is 0 Å². The molecule has 1 N–H and O–H groups in total. The quantitative estimate of drug-likeness (QED) is 0.859.